The van der Waals surface area contributed by atoms with E-state index in [0.717, 1.165) is 15.6 Å². The molecule has 1 aromatic carbocycles. The molecule has 2 rings (SSSR count). The molecule has 2 aromatic rings. The van der Waals surface area contributed by atoms with Crippen molar-refractivity contribution in [2.45, 2.75) is 6.92 Å². The Morgan fingerprint density at radius 2 is 1.94 bits per heavy atom. The van der Waals surface area contributed by atoms with Crippen LogP contribution in [0.4, 0.5) is 0 Å². The monoisotopic (exact) mass is 246 g/mol. The van der Waals surface area contributed by atoms with Gasteiger partial charge in [-0.2, -0.15) is 9.36 Å². The van der Waals surface area contributed by atoms with Crippen molar-refractivity contribution in [3.63, 3.8) is 0 Å². The molecule has 7 heteroatoms. The standard InChI is InChI=1S/C11H10N4O3/c1-8(10(16)17)7-14-11(18)15(13-12-14)9-5-3-2-4-6-9/h2-7H,1H3,(H,16,17). The van der Waals surface area contributed by atoms with Gasteiger partial charge >= 0.3 is 11.7 Å². The van der Waals surface area contributed by atoms with Gasteiger partial charge in [-0.05, 0) is 29.5 Å². The molecule has 0 spiro atoms. The Hall–Kier alpha value is -2.70. The van der Waals surface area contributed by atoms with E-state index in [1.807, 2.05) is 6.07 Å². The lowest BCUT2D eigenvalue weighted by atomic mass is 10.3. The second kappa shape index (κ2) is 4.66. The van der Waals surface area contributed by atoms with Crippen molar-refractivity contribution in [2.75, 3.05) is 0 Å². The fourth-order valence-electron chi connectivity index (χ4n) is 1.31. The van der Waals surface area contributed by atoms with Crippen LogP contribution in [0.3, 0.4) is 0 Å². The molecule has 0 radical (unpaired) electrons. The molecule has 0 aliphatic heterocycles. The van der Waals surface area contributed by atoms with Gasteiger partial charge in [-0.1, -0.05) is 18.2 Å². The van der Waals surface area contributed by atoms with Gasteiger partial charge in [0.15, 0.2) is 0 Å². The molecular weight excluding hydrogens is 236 g/mol. The first kappa shape index (κ1) is 11.8. The van der Waals surface area contributed by atoms with Gasteiger partial charge in [-0.25, -0.2) is 9.59 Å². The van der Waals surface area contributed by atoms with Gasteiger partial charge in [0.05, 0.1) is 11.3 Å². The molecule has 92 valence electrons. The predicted octanol–water partition coefficient (Wildman–Crippen LogP) is 0.374. The van der Waals surface area contributed by atoms with E-state index in [0.29, 0.717) is 5.69 Å². The average molecular weight is 246 g/mol. The average Bonchev–Trinajstić information content (AvgIpc) is 2.72. The van der Waals surface area contributed by atoms with E-state index < -0.39 is 11.7 Å². The molecule has 0 aliphatic carbocycles. The van der Waals surface area contributed by atoms with Gasteiger partial charge in [0.1, 0.15) is 0 Å². The summed E-state index contributed by atoms with van der Waals surface area (Å²) in [6.07, 6.45) is 1.12. The van der Waals surface area contributed by atoms with Crippen LogP contribution in [0.2, 0.25) is 0 Å². The first-order valence-electron chi connectivity index (χ1n) is 5.11. The number of carbonyl (C=O) groups is 1. The van der Waals surface area contributed by atoms with E-state index >= 15 is 0 Å². The molecule has 0 saturated carbocycles. The molecule has 18 heavy (non-hydrogen) atoms. The van der Waals surface area contributed by atoms with Gasteiger partial charge < -0.3 is 5.11 Å². The molecule has 0 amide bonds. The number of carboxylic acids is 1. The first-order valence-corrected chi connectivity index (χ1v) is 5.11. The lowest BCUT2D eigenvalue weighted by Crippen LogP contribution is -2.21. The summed E-state index contributed by atoms with van der Waals surface area (Å²) in [6, 6.07) is 8.74. The second-order valence-corrected chi connectivity index (χ2v) is 3.57. The molecule has 1 aromatic heterocycles. The topological polar surface area (TPSA) is 90.0 Å². The lowest BCUT2D eigenvalue weighted by Gasteiger charge is -1.95. The molecule has 0 bridgehead atoms. The quantitative estimate of drug-likeness (QED) is 0.790. The minimum Gasteiger partial charge on any atom is -0.478 e. The number of hydrogen-bond acceptors (Lipinski definition) is 4. The number of tetrazole rings is 1. The Kier molecular flexibility index (Phi) is 3.05. The molecule has 1 N–H and O–H groups in total. The molecule has 0 unspecified atom stereocenters. The first-order chi connectivity index (χ1) is 8.59. The summed E-state index contributed by atoms with van der Waals surface area (Å²) in [7, 11) is 0. The number of hydrogen-bond donors (Lipinski definition) is 1. The minimum atomic E-state index is -1.11. The summed E-state index contributed by atoms with van der Waals surface area (Å²) in [5.74, 6) is -1.11. The number of aliphatic carboxylic acids is 1. The van der Waals surface area contributed by atoms with Crippen molar-refractivity contribution < 1.29 is 9.90 Å². The van der Waals surface area contributed by atoms with Crippen molar-refractivity contribution in [1.82, 2.24) is 19.8 Å². The van der Waals surface area contributed by atoms with Gasteiger partial charge in [0.2, 0.25) is 0 Å². The highest BCUT2D eigenvalue weighted by Gasteiger charge is 2.08. The van der Waals surface area contributed by atoms with Crippen LogP contribution in [0.15, 0.2) is 40.7 Å². The largest absolute Gasteiger partial charge is 0.478 e. The summed E-state index contributed by atoms with van der Waals surface area (Å²) in [5.41, 5.74) is 0.0362. The van der Waals surface area contributed by atoms with Crippen LogP contribution < -0.4 is 5.69 Å². The zero-order chi connectivity index (χ0) is 13.1. The van der Waals surface area contributed by atoms with Crippen molar-refractivity contribution in [3.05, 3.63) is 46.4 Å². The normalized spacial score (nSPS) is 11.5. The highest BCUT2D eigenvalue weighted by atomic mass is 16.4. The molecule has 0 atom stereocenters. The van der Waals surface area contributed by atoms with Gasteiger partial charge in [0, 0.05) is 6.20 Å². The summed E-state index contributed by atoms with van der Waals surface area (Å²) < 4.78 is 1.97. The molecule has 0 aliphatic rings. The van der Waals surface area contributed by atoms with Crippen molar-refractivity contribution >= 4 is 12.2 Å². The van der Waals surface area contributed by atoms with Crippen LogP contribution >= 0.6 is 0 Å². The number of para-hydroxylation sites is 1. The zero-order valence-electron chi connectivity index (χ0n) is 9.52. The fourth-order valence-corrected chi connectivity index (χ4v) is 1.31. The number of carboxylic acid groups (broad SMARTS) is 1. The highest BCUT2D eigenvalue weighted by Crippen LogP contribution is 2.01. The molecular formula is C11H10N4O3. The zero-order valence-corrected chi connectivity index (χ0v) is 9.52. The number of rotatable bonds is 3. The van der Waals surface area contributed by atoms with E-state index in [1.165, 1.54) is 6.92 Å². The number of aromatic nitrogens is 4. The van der Waals surface area contributed by atoms with Crippen LogP contribution in [-0.2, 0) is 4.79 Å². The van der Waals surface area contributed by atoms with Gasteiger partial charge in [0.25, 0.3) is 0 Å². The Balaban J connectivity index is 2.45. The third kappa shape index (κ3) is 2.19. The molecule has 0 saturated heterocycles. The van der Waals surface area contributed by atoms with E-state index in [4.69, 9.17) is 5.11 Å². The van der Waals surface area contributed by atoms with Crippen molar-refractivity contribution in [3.8, 4) is 5.69 Å². The summed E-state index contributed by atoms with van der Waals surface area (Å²) in [4.78, 5) is 22.5. The fraction of sp³-hybridized carbons (Fsp3) is 0.0909. The Bertz CT molecular complexity index is 654. The maximum Gasteiger partial charge on any atom is 0.372 e. The van der Waals surface area contributed by atoms with Gasteiger partial charge in [-0.3, -0.25) is 0 Å². The Morgan fingerprint density at radius 1 is 1.28 bits per heavy atom. The third-order valence-corrected chi connectivity index (χ3v) is 2.26. The number of benzene rings is 1. The Morgan fingerprint density at radius 3 is 2.56 bits per heavy atom. The van der Waals surface area contributed by atoms with Crippen LogP contribution in [-0.4, -0.2) is 30.9 Å². The van der Waals surface area contributed by atoms with Crippen LogP contribution in [0, 0.1) is 0 Å². The van der Waals surface area contributed by atoms with E-state index in [-0.39, 0.29) is 5.57 Å². The number of nitrogens with zero attached hydrogens (tertiary/aromatic N) is 4. The minimum absolute atomic E-state index is 0.00258. The van der Waals surface area contributed by atoms with Crippen molar-refractivity contribution in [1.29, 1.82) is 0 Å². The Labute approximate surface area is 102 Å². The van der Waals surface area contributed by atoms with Gasteiger partial charge in [-0.15, -0.1) is 0 Å². The lowest BCUT2D eigenvalue weighted by molar-refractivity contribution is -0.132. The van der Waals surface area contributed by atoms with E-state index in [9.17, 15) is 9.59 Å². The third-order valence-electron chi connectivity index (χ3n) is 2.26. The molecule has 0 fully saturated rings. The maximum absolute atomic E-state index is 11.9. The molecule has 1 heterocycles. The second-order valence-electron chi connectivity index (χ2n) is 3.57. The predicted molar refractivity (Wildman–Crippen MR) is 63.2 cm³/mol. The SMILES string of the molecule is CC(=Cn1nnn(-c2ccccc2)c1=O)C(=O)O. The smallest absolute Gasteiger partial charge is 0.372 e. The molecule has 7 nitrogen and oxygen atoms in total. The maximum atomic E-state index is 11.9. The van der Waals surface area contributed by atoms with Crippen molar-refractivity contribution in [2.24, 2.45) is 0 Å². The van der Waals surface area contributed by atoms with E-state index in [1.54, 1.807) is 24.3 Å². The van der Waals surface area contributed by atoms with Crippen LogP contribution in [0.25, 0.3) is 11.9 Å². The van der Waals surface area contributed by atoms with Crippen LogP contribution in [0.5, 0.6) is 0 Å². The summed E-state index contributed by atoms with van der Waals surface area (Å²) >= 11 is 0. The highest BCUT2D eigenvalue weighted by molar-refractivity contribution is 5.89. The van der Waals surface area contributed by atoms with E-state index in [2.05, 4.69) is 10.4 Å². The summed E-state index contributed by atoms with van der Waals surface area (Å²) in [5, 5.41) is 16.0. The summed E-state index contributed by atoms with van der Waals surface area (Å²) in [6.45, 7) is 1.37. The van der Waals surface area contributed by atoms with Crippen LogP contribution in [0.1, 0.15) is 6.92 Å².